The van der Waals surface area contributed by atoms with Crippen LogP contribution >= 0.6 is 11.6 Å². The average Bonchev–Trinajstić information content (AvgIpc) is 2.67. The van der Waals surface area contributed by atoms with Crippen LogP contribution in [0.1, 0.15) is 10.4 Å². The molecule has 2 aromatic rings. The van der Waals surface area contributed by atoms with Crippen molar-refractivity contribution in [3.8, 4) is 5.75 Å². The molecule has 0 radical (unpaired) electrons. The van der Waals surface area contributed by atoms with Gasteiger partial charge in [0.05, 0.1) is 17.1 Å². The zero-order valence-corrected chi connectivity index (χ0v) is 14.4. The summed E-state index contributed by atoms with van der Waals surface area (Å²) in [7, 11) is -2.19. The lowest BCUT2D eigenvalue weighted by molar-refractivity contribution is 0.0797. The van der Waals surface area contributed by atoms with Gasteiger partial charge >= 0.3 is 0 Å². The zero-order valence-electron chi connectivity index (χ0n) is 12.8. The molecule has 6 nitrogen and oxygen atoms in total. The second-order valence-electron chi connectivity index (χ2n) is 5.32. The smallest absolute Gasteiger partial charge is 0.263 e. The Balaban J connectivity index is 1.96. The minimum absolute atomic E-state index is 0.0266. The normalized spacial score (nSPS) is 14.6. The highest BCUT2D eigenvalue weighted by Crippen LogP contribution is 2.28. The zero-order chi connectivity index (χ0) is 17.3. The number of fused-ring (bicyclic) bond motifs is 1. The number of rotatable bonds is 3. The van der Waals surface area contributed by atoms with Gasteiger partial charge in [-0.3, -0.25) is 9.52 Å². The van der Waals surface area contributed by atoms with Crippen molar-refractivity contribution in [3.63, 3.8) is 0 Å². The van der Waals surface area contributed by atoms with Gasteiger partial charge in [-0.1, -0.05) is 23.7 Å². The monoisotopic (exact) mass is 366 g/mol. The van der Waals surface area contributed by atoms with Gasteiger partial charge in [0.1, 0.15) is 17.3 Å². The van der Waals surface area contributed by atoms with Crippen LogP contribution in [0.5, 0.6) is 5.75 Å². The Bertz CT molecular complexity index is 899. The van der Waals surface area contributed by atoms with Gasteiger partial charge in [0.15, 0.2) is 0 Å². The van der Waals surface area contributed by atoms with Crippen LogP contribution in [-0.2, 0) is 10.0 Å². The van der Waals surface area contributed by atoms with Crippen molar-refractivity contribution in [2.75, 3.05) is 24.9 Å². The summed E-state index contributed by atoms with van der Waals surface area (Å²) in [6.07, 6.45) is 0. The Morgan fingerprint density at radius 1 is 1.21 bits per heavy atom. The van der Waals surface area contributed by atoms with Crippen molar-refractivity contribution in [1.82, 2.24) is 4.90 Å². The molecule has 0 aromatic heterocycles. The molecule has 0 saturated heterocycles. The Hall–Kier alpha value is -2.25. The number of hydrogen-bond donors (Lipinski definition) is 1. The molecular formula is C16H15ClN2O4S. The first-order valence-electron chi connectivity index (χ1n) is 7.18. The number of likely N-dealkylation sites (N-methyl/N-ethyl adjacent to an activating group) is 1. The van der Waals surface area contributed by atoms with Gasteiger partial charge in [-0.15, -0.1) is 0 Å². The number of carbonyl (C=O) groups excluding carboxylic acids is 1. The summed E-state index contributed by atoms with van der Waals surface area (Å²) in [5, 5.41) is 0.124. The third kappa shape index (κ3) is 3.18. The van der Waals surface area contributed by atoms with Crippen LogP contribution in [0, 0.1) is 0 Å². The van der Waals surface area contributed by atoms with Crippen molar-refractivity contribution in [2.45, 2.75) is 4.90 Å². The number of hydrogen-bond acceptors (Lipinski definition) is 4. The van der Waals surface area contributed by atoms with Gasteiger partial charge in [-0.25, -0.2) is 8.42 Å². The Morgan fingerprint density at radius 3 is 2.71 bits per heavy atom. The summed E-state index contributed by atoms with van der Waals surface area (Å²) >= 11 is 5.95. The van der Waals surface area contributed by atoms with E-state index in [1.807, 2.05) is 0 Å². The highest BCUT2D eigenvalue weighted by molar-refractivity contribution is 7.92. The van der Waals surface area contributed by atoms with E-state index in [0.29, 0.717) is 24.5 Å². The molecule has 1 N–H and O–H groups in total. The molecule has 1 aliphatic rings. The average molecular weight is 367 g/mol. The standard InChI is InChI=1S/C16H15ClN2O4S/c1-19-8-9-23-14-7-6-11(10-12(14)16(19)20)18-24(21,22)15-5-3-2-4-13(15)17/h2-7,10,18H,8-9H2,1H3. The number of ether oxygens (including phenoxy) is 1. The van der Waals surface area contributed by atoms with Gasteiger partial charge in [0, 0.05) is 12.7 Å². The number of nitrogens with zero attached hydrogens (tertiary/aromatic N) is 1. The molecule has 1 amide bonds. The molecule has 0 atom stereocenters. The number of carbonyl (C=O) groups is 1. The van der Waals surface area contributed by atoms with Crippen LogP contribution in [0.25, 0.3) is 0 Å². The van der Waals surface area contributed by atoms with E-state index in [4.69, 9.17) is 16.3 Å². The lowest BCUT2D eigenvalue weighted by Gasteiger charge is -2.14. The van der Waals surface area contributed by atoms with E-state index in [0.717, 1.165) is 0 Å². The van der Waals surface area contributed by atoms with Crippen LogP contribution in [0.3, 0.4) is 0 Å². The molecule has 0 unspecified atom stereocenters. The summed E-state index contributed by atoms with van der Waals surface area (Å²) in [4.78, 5) is 13.8. The summed E-state index contributed by atoms with van der Waals surface area (Å²) in [5.74, 6) is 0.214. The van der Waals surface area contributed by atoms with E-state index in [1.165, 1.54) is 23.1 Å². The molecule has 0 aliphatic carbocycles. The molecule has 2 aromatic carbocycles. The number of sulfonamides is 1. The molecule has 0 fully saturated rings. The predicted octanol–water partition coefficient (Wildman–Crippen LogP) is 2.61. The predicted molar refractivity (Wildman–Crippen MR) is 91.2 cm³/mol. The molecule has 1 heterocycles. The second kappa shape index (κ2) is 6.33. The number of benzene rings is 2. The Labute approximate surface area is 145 Å². The van der Waals surface area contributed by atoms with E-state index in [2.05, 4.69) is 4.72 Å². The maximum atomic E-state index is 12.5. The summed E-state index contributed by atoms with van der Waals surface area (Å²) in [6, 6.07) is 10.7. The van der Waals surface area contributed by atoms with Gasteiger partial charge in [0.2, 0.25) is 0 Å². The van der Waals surface area contributed by atoms with E-state index < -0.39 is 10.0 Å². The Kier molecular flexibility index (Phi) is 4.38. The first-order valence-corrected chi connectivity index (χ1v) is 9.04. The SMILES string of the molecule is CN1CCOc2ccc(NS(=O)(=O)c3ccccc3Cl)cc2C1=O. The first-order chi connectivity index (χ1) is 11.4. The van der Waals surface area contributed by atoms with E-state index >= 15 is 0 Å². The van der Waals surface area contributed by atoms with E-state index in [1.54, 1.807) is 31.3 Å². The van der Waals surface area contributed by atoms with E-state index in [9.17, 15) is 13.2 Å². The number of halogens is 1. The first kappa shape index (κ1) is 16.6. The molecule has 24 heavy (non-hydrogen) atoms. The molecule has 0 spiro atoms. The minimum atomic E-state index is -3.86. The lowest BCUT2D eigenvalue weighted by Crippen LogP contribution is -2.27. The maximum absolute atomic E-state index is 12.5. The molecule has 1 aliphatic heterocycles. The van der Waals surface area contributed by atoms with Crippen LogP contribution in [0.4, 0.5) is 5.69 Å². The van der Waals surface area contributed by atoms with Gasteiger partial charge in [-0.05, 0) is 30.3 Å². The fourth-order valence-electron chi connectivity index (χ4n) is 2.36. The minimum Gasteiger partial charge on any atom is -0.491 e. The molecule has 3 rings (SSSR count). The summed E-state index contributed by atoms with van der Waals surface area (Å²) in [5.41, 5.74) is 0.579. The van der Waals surface area contributed by atoms with Crippen LogP contribution in [-0.4, -0.2) is 39.4 Å². The highest BCUT2D eigenvalue weighted by atomic mass is 35.5. The van der Waals surface area contributed by atoms with Crippen molar-refractivity contribution in [1.29, 1.82) is 0 Å². The molecule has 126 valence electrons. The molecule has 0 saturated carbocycles. The fraction of sp³-hybridized carbons (Fsp3) is 0.188. The lowest BCUT2D eigenvalue weighted by atomic mass is 10.1. The number of nitrogens with one attached hydrogen (secondary N) is 1. The van der Waals surface area contributed by atoms with Crippen molar-refractivity contribution < 1.29 is 17.9 Å². The molecular weight excluding hydrogens is 352 g/mol. The topological polar surface area (TPSA) is 75.7 Å². The number of amides is 1. The van der Waals surface area contributed by atoms with E-state index in [-0.39, 0.29) is 21.5 Å². The van der Waals surface area contributed by atoms with Gasteiger partial charge in [-0.2, -0.15) is 0 Å². The summed E-state index contributed by atoms with van der Waals surface area (Å²) in [6.45, 7) is 0.855. The third-order valence-corrected chi connectivity index (χ3v) is 5.50. The Morgan fingerprint density at radius 2 is 1.96 bits per heavy atom. The second-order valence-corrected chi connectivity index (χ2v) is 7.38. The van der Waals surface area contributed by atoms with Crippen molar-refractivity contribution in [3.05, 3.63) is 53.1 Å². The van der Waals surface area contributed by atoms with Crippen LogP contribution in [0.2, 0.25) is 5.02 Å². The molecule has 8 heteroatoms. The maximum Gasteiger partial charge on any atom is 0.263 e. The van der Waals surface area contributed by atoms with Crippen molar-refractivity contribution in [2.24, 2.45) is 0 Å². The van der Waals surface area contributed by atoms with Crippen LogP contribution in [0.15, 0.2) is 47.4 Å². The van der Waals surface area contributed by atoms with Gasteiger partial charge in [0.25, 0.3) is 15.9 Å². The van der Waals surface area contributed by atoms with Gasteiger partial charge < -0.3 is 9.64 Å². The quantitative estimate of drug-likeness (QED) is 0.906. The molecule has 0 bridgehead atoms. The summed E-state index contributed by atoms with van der Waals surface area (Å²) < 4.78 is 32.9. The largest absolute Gasteiger partial charge is 0.491 e. The van der Waals surface area contributed by atoms with Crippen LogP contribution < -0.4 is 9.46 Å². The van der Waals surface area contributed by atoms with Crippen molar-refractivity contribution >= 4 is 33.2 Å². The third-order valence-electron chi connectivity index (χ3n) is 3.62. The fourth-order valence-corrected chi connectivity index (χ4v) is 3.93. The number of anilines is 1. The highest BCUT2D eigenvalue weighted by Gasteiger charge is 2.23.